The minimum Gasteiger partial charge on any atom is -0.396 e. The summed E-state index contributed by atoms with van der Waals surface area (Å²) >= 11 is 0. The predicted octanol–water partition coefficient (Wildman–Crippen LogP) is 2.73. The molecule has 0 spiro atoms. The van der Waals surface area contributed by atoms with Gasteiger partial charge < -0.3 is 15.3 Å². The van der Waals surface area contributed by atoms with Crippen molar-refractivity contribution < 1.29 is 5.11 Å². The number of hydrogen-bond acceptors (Lipinski definition) is 5. The summed E-state index contributed by atoms with van der Waals surface area (Å²) in [5, 5.41) is 13.3. The van der Waals surface area contributed by atoms with Crippen LogP contribution in [-0.2, 0) is 6.42 Å². The van der Waals surface area contributed by atoms with E-state index in [9.17, 15) is 5.11 Å². The van der Waals surface area contributed by atoms with Gasteiger partial charge in [-0.2, -0.15) is 0 Å². The van der Waals surface area contributed by atoms with Crippen LogP contribution in [0.5, 0.6) is 0 Å². The lowest BCUT2D eigenvalue weighted by Crippen LogP contribution is -2.33. The van der Waals surface area contributed by atoms with Crippen LogP contribution in [0, 0.1) is 5.41 Å². The first-order valence-electron chi connectivity index (χ1n) is 8.64. The molecule has 2 heterocycles. The van der Waals surface area contributed by atoms with Crippen LogP contribution in [0.3, 0.4) is 0 Å². The molecule has 1 saturated heterocycles. The summed E-state index contributed by atoms with van der Waals surface area (Å²) in [7, 11) is 0. The number of nitrogens with one attached hydrogen (secondary N) is 1. The summed E-state index contributed by atoms with van der Waals surface area (Å²) in [6, 6.07) is 12.3. The van der Waals surface area contributed by atoms with E-state index in [2.05, 4.69) is 39.2 Å². The Hall–Kier alpha value is -2.14. The first kappa shape index (κ1) is 16.7. The molecule has 2 aromatic rings. The molecule has 5 nitrogen and oxygen atoms in total. The quantitative estimate of drug-likeness (QED) is 0.819. The molecule has 24 heavy (non-hydrogen) atoms. The van der Waals surface area contributed by atoms with Crippen LogP contribution in [-0.4, -0.2) is 41.3 Å². The van der Waals surface area contributed by atoms with Gasteiger partial charge in [-0.1, -0.05) is 37.3 Å². The van der Waals surface area contributed by atoms with Crippen molar-refractivity contribution in [2.75, 3.05) is 36.5 Å². The first-order valence-corrected chi connectivity index (χ1v) is 8.64. The summed E-state index contributed by atoms with van der Waals surface area (Å²) in [6.45, 7) is 5.01. The highest BCUT2D eigenvalue weighted by Gasteiger charge is 2.24. The van der Waals surface area contributed by atoms with Crippen LogP contribution in [0.15, 0.2) is 42.7 Å². The normalized spacial score (nSPS) is 16.8. The average Bonchev–Trinajstić information content (AvgIpc) is 3.16. The van der Waals surface area contributed by atoms with E-state index in [1.54, 1.807) is 6.33 Å². The van der Waals surface area contributed by atoms with Crippen molar-refractivity contribution in [1.82, 2.24) is 9.97 Å². The fourth-order valence-electron chi connectivity index (χ4n) is 3.13. The molecule has 1 atom stereocenters. The zero-order chi connectivity index (χ0) is 16.8. The molecular weight excluding hydrogens is 300 g/mol. The predicted molar refractivity (Wildman–Crippen MR) is 97.3 cm³/mol. The van der Waals surface area contributed by atoms with Crippen LogP contribution >= 0.6 is 0 Å². The fourth-order valence-corrected chi connectivity index (χ4v) is 3.13. The maximum atomic E-state index is 9.87. The molecule has 5 heteroatoms. The van der Waals surface area contributed by atoms with Gasteiger partial charge in [0, 0.05) is 31.1 Å². The van der Waals surface area contributed by atoms with E-state index in [0.29, 0.717) is 6.54 Å². The molecule has 128 valence electrons. The average molecular weight is 326 g/mol. The minimum absolute atomic E-state index is 0.124. The van der Waals surface area contributed by atoms with Gasteiger partial charge in [-0.15, -0.1) is 0 Å². The van der Waals surface area contributed by atoms with Crippen molar-refractivity contribution in [2.45, 2.75) is 26.2 Å². The number of aliphatic hydroxyl groups excluding tert-OH is 1. The molecule has 0 bridgehead atoms. The third-order valence-corrected chi connectivity index (χ3v) is 4.63. The number of hydrogen-bond donors (Lipinski definition) is 2. The summed E-state index contributed by atoms with van der Waals surface area (Å²) < 4.78 is 0. The molecule has 0 aliphatic carbocycles. The SMILES string of the molecule is CC(CO)(CNc1cc(N2CCCC2)ncn1)Cc1ccccc1. The number of benzene rings is 1. The standard InChI is InChI=1S/C19H26N4O/c1-19(14-24,12-16-7-3-2-4-8-16)13-20-17-11-18(22-15-21-17)23-9-5-6-10-23/h2-4,7-8,11,15,24H,5-6,9-10,12-14H2,1H3,(H,20,21,22). The molecule has 1 aromatic heterocycles. The van der Waals surface area contributed by atoms with Crippen molar-refractivity contribution in [2.24, 2.45) is 5.41 Å². The number of anilines is 2. The van der Waals surface area contributed by atoms with Crippen molar-refractivity contribution >= 4 is 11.6 Å². The second-order valence-electron chi connectivity index (χ2n) is 6.94. The molecule has 1 aliphatic heterocycles. The maximum absolute atomic E-state index is 9.87. The van der Waals surface area contributed by atoms with E-state index in [1.165, 1.54) is 18.4 Å². The van der Waals surface area contributed by atoms with E-state index in [4.69, 9.17) is 0 Å². The molecular formula is C19H26N4O. The Kier molecular flexibility index (Phi) is 5.30. The van der Waals surface area contributed by atoms with Gasteiger partial charge in [0.1, 0.15) is 18.0 Å². The van der Waals surface area contributed by atoms with Gasteiger partial charge in [0.2, 0.25) is 0 Å². The van der Waals surface area contributed by atoms with Crippen molar-refractivity contribution in [3.8, 4) is 0 Å². The summed E-state index contributed by atoms with van der Waals surface area (Å²) in [5.41, 5.74) is 0.997. The van der Waals surface area contributed by atoms with E-state index in [-0.39, 0.29) is 12.0 Å². The van der Waals surface area contributed by atoms with Gasteiger partial charge in [0.05, 0.1) is 6.61 Å². The molecule has 0 amide bonds. The second kappa shape index (κ2) is 7.62. The van der Waals surface area contributed by atoms with Crippen LogP contribution in [0.4, 0.5) is 11.6 Å². The third-order valence-electron chi connectivity index (χ3n) is 4.63. The molecule has 0 radical (unpaired) electrons. The van der Waals surface area contributed by atoms with E-state index in [0.717, 1.165) is 31.1 Å². The molecule has 1 aliphatic rings. The maximum Gasteiger partial charge on any atom is 0.134 e. The lowest BCUT2D eigenvalue weighted by molar-refractivity contribution is 0.153. The fraction of sp³-hybridized carbons (Fsp3) is 0.474. The van der Waals surface area contributed by atoms with Crippen molar-refractivity contribution in [3.63, 3.8) is 0 Å². The number of aromatic nitrogens is 2. The molecule has 1 fully saturated rings. The molecule has 1 unspecified atom stereocenters. The topological polar surface area (TPSA) is 61.3 Å². The van der Waals surface area contributed by atoms with E-state index >= 15 is 0 Å². The van der Waals surface area contributed by atoms with Gasteiger partial charge in [-0.05, 0) is 24.8 Å². The summed E-state index contributed by atoms with van der Waals surface area (Å²) in [6.07, 6.45) is 4.89. The molecule has 0 saturated carbocycles. The zero-order valence-electron chi connectivity index (χ0n) is 14.3. The van der Waals surface area contributed by atoms with Crippen molar-refractivity contribution in [3.05, 3.63) is 48.3 Å². The van der Waals surface area contributed by atoms with Crippen LogP contribution in [0.25, 0.3) is 0 Å². The number of rotatable bonds is 7. The van der Waals surface area contributed by atoms with Crippen LogP contribution in [0.2, 0.25) is 0 Å². The van der Waals surface area contributed by atoms with Crippen LogP contribution < -0.4 is 10.2 Å². The Morgan fingerprint density at radius 1 is 1.17 bits per heavy atom. The highest BCUT2D eigenvalue weighted by Crippen LogP contribution is 2.24. The number of aliphatic hydroxyl groups is 1. The Labute approximate surface area is 143 Å². The lowest BCUT2D eigenvalue weighted by Gasteiger charge is -2.28. The highest BCUT2D eigenvalue weighted by atomic mass is 16.3. The Balaban J connectivity index is 1.63. The Morgan fingerprint density at radius 3 is 2.62 bits per heavy atom. The summed E-state index contributed by atoms with van der Waals surface area (Å²) in [5.74, 6) is 1.80. The highest BCUT2D eigenvalue weighted by molar-refractivity contribution is 5.49. The van der Waals surface area contributed by atoms with Gasteiger partial charge in [0.15, 0.2) is 0 Å². The van der Waals surface area contributed by atoms with E-state index < -0.39 is 0 Å². The largest absolute Gasteiger partial charge is 0.396 e. The lowest BCUT2D eigenvalue weighted by atomic mass is 9.84. The van der Waals surface area contributed by atoms with Crippen molar-refractivity contribution in [1.29, 1.82) is 0 Å². The first-order chi connectivity index (χ1) is 11.7. The molecule has 3 rings (SSSR count). The van der Waals surface area contributed by atoms with Gasteiger partial charge in [0.25, 0.3) is 0 Å². The van der Waals surface area contributed by atoms with Gasteiger partial charge in [-0.25, -0.2) is 9.97 Å². The van der Waals surface area contributed by atoms with Crippen LogP contribution in [0.1, 0.15) is 25.3 Å². The third kappa shape index (κ3) is 4.23. The van der Waals surface area contributed by atoms with Gasteiger partial charge >= 0.3 is 0 Å². The Bertz CT molecular complexity index is 643. The smallest absolute Gasteiger partial charge is 0.134 e. The minimum atomic E-state index is -0.236. The van der Waals surface area contributed by atoms with Gasteiger partial charge in [-0.3, -0.25) is 0 Å². The number of nitrogens with zero attached hydrogens (tertiary/aromatic N) is 3. The Morgan fingerprint density at radius 2 is 1.92 bits per heavy atom. The summed E-state index contributed by atoms with van der Waals surface area (Å²) in [4.78, 5) is 11.0. The zero-order valence-corrected chi connectivity index (χ0v) is 14.3. The second-order valence-corrected chi connectivity index (χ2v) is 6.94. The van der Waals surface area contributed by atoms with E-state index in [1.807, 2.05) is 24.3 Å². The molecule has 1 aromatic carbocycles. The monoisotopic (exact) mass is 326 g/mol. The molecule has 2 N–H and O–H groups in total.